The molecule has 0 saturated heterocycles. The van der Waals surface area contributed by atoms with Gasteiger partial charge in [0.15, 0.2) is 0 Å². The molecule has 0 radical (unpaired) electrons. The highest BCUT2D eigenvalue weighted by molar-refractivity contribution is 5.76. The van der Waals surface area contributed by atoms with Gasteiger partial charge < -0.3 is 9.47 Å². The van der Waals surface area contributed by atoms with Crippen LogP contribution < -0.4 is 16.0 Å². The van der Waals surface area contributed by atoms with Gasteiger partial charge in [-0.05, 0) is 37.5 Å². The average molecular weight is 252 g/mol. The molecule has 0 aliphatic rings. The molecule has 100 valence electrons. The second-order valence-electron chi connectivity index (χ2n) is 4.21. The number of aryl methyl sites for hydroxylation is 2. The van der Waals surface area contributed by atoms with Gasteiger partial charge in [0.05, 0.1) is 13.7 Å². The maximum atomic E-state index is 11.0. The molecule has 1 aromatic carbocycles. The molecule has 1 rings (SSSR count). The van der Waals surface area contributed by atoms with Crippen molar-refractivity contribution in [3.05, 3.63) is 28.3 Å². The molecule has 3 N–H and O–H groups in total. The summed E-state index contributed by atoms with van der Waals surface area (Å²) in [5, 5.41) is 0. The molecule has 0 unspecified atom stereocenters. The largest absolute Gasteiger partial charge is 0.496 e. The molecule has 0 aliphatic heterocycles. The van der Waals surface area contributed by atoms with E-state index in [1.54, 1.807) is 7.11 Å². The van der Waals surface area contributed by atoms with E-state index in [9.17, 15) is 4.79 Å². The van der Waals surface area contributed by atoms with Gasteiger partial charge in [-0.3, -0.25) is 10.2 Å². The zero-order chi connectivity index (χ0) is 13.7. The van der Waals surface area contributed by atoms with Crippen molar-refractivity contribution < 1.29 is 14.3 Å². The number of rotatable bonds is 5. The molecule has 0 heterocycles. The molecule has 0 bridgehead atoms. The Morgan fingerprint density at radius 2 is 2.00 bits per heavy atom. The van der Waals surface area contributed by atoms with Crippen LogP contribution in [0.4, 0.5) is 0 Å². The van der Waals surface area contributed by atoms with Gasteiger partial charge >= 0.3 is 0 Å². The van der Waals surface area contributed by atoms with E-state index in [-0.39, 0.29) is 12.5 Å². The molecular formula is C13H20N2O3. The highest BCUT2D eigenvalue weighted by Crippen LogP contribution is 2.29. The Hall–Kier alpha value is -1.59. The van der Waals surface area contributed by atoms with Crippen molar-refractivity contribution in [1.29, 1.82) is 0 Å². The third-order valence-corrected chi connectivity index (χ3v) is 2.96. The number of amides is 1. The zero-order valence-electron chi connectivity index (χ0n) is 11.3. The molecule has 0 spiro atoms. The number of hydrogen-bond acceptors (Lipinski definition) is 4. The molecule has 1 aromatic rings. The highest BCUT2D eigenvalue weighted by atomic mass is 16.5. The lowest BCUT2D eigenvalue weighted by Gasteiger charge is -2.16. The van der Waals surface area contributed by atoms with Crippen LogP contribution in [0, 0.1) is 20.8 Å². The molecule has 0 saturated carbocycles. The summed E-state index contributed by atoms with van der Waals surface area (Å²) in [6.07, 6.45) is 0. The van der Waals surface area contributed by atoms with Crippen LogP contribution in [0.25, 0.3) is 0 Å². The second-order valence-corrected chi connectivity index (χ2v) is 4.21. The molecule has 5 nitrogen and oxygen atoms in total. The van der Waals surface area contributed by atoms with Crippen LogP contribution in [0.5, 0.6) is 5.75 Å². The summed E-state index contributed by atoms with van der Waals surface area (Å²) in [7, 11) is 1.64. The highest BCUT2D eigenvalue weighted by Gasteiger charge is 2.12. The van der Waals surface area contributed by atoms with Gasteiger partial charge in [0.1, 0.15) is 12.4 Å². The van der Waals surface area contributed by atoms with Crippen molar-refractivity contribution in [3.8, 4) is 5.75 Å². The third kappa shape index (κ3) is 3.21. The number of nitrogens with one attached hydrogen (secondary N) is 1. The Morgan fingerprint density at radius 3 is 2.56 bits per heavy atom. The van der Waals surface area contributed by atoms with E-state index in [1.165, 1.54) is 5.56 Å². The molecule has 5 heteroatoms. The number of carbonyl (C=O) groups is 1. The fourth-order valence-electron chi connectivity index (χ4n) is 1.85. The minimum atomic E-state index is -0.351. The molecule has 0 aromatic heterocycles. The summed E-state index contributed by atoms with van der Waals surface area (Å²) in [5.74, 6) is 5.45. The van der Waals surface area contributed by atoms with Crippen molar-refractivity contribution in [1.82, 2.24) is 5.43 Å². The summed E-state index contributed by atoms with van der Waals surface area (Å²) in [4.78, 5) is 11.0. The number of nitrogens with two attached hydrogens (primary N) is 1. The van der Waals surface area contributed by atoms with Gasteiger partial charge in [0, 0.05) is 5.56 Å². The average Bonchev–Trinajstić information content (AvgIpc) is 2.35. The van der Waals surface area contributed by atoms with Gasteiger partial charge in [-0.1, -0.05) is 6.07 Å². The van der Waals surface area contributed by atoms with Gasteiger partial charge in [0.25, 0.3) is 5.91 Å². The monoisotopic (exact) mass is 252 g/mol. The lowest BCUT2D eigenvalue weighted by atomic mass is 9.99. The van der Waals surface area contributed by atoms with Crippen LogP contribution in [0.15, 0.2) is 6.07 Å². The molecule has 0 aliphatic carbocycles. The van der Waals surface area contributed by atoms with Crippen molar-refractivity contribution in [2.45, 2.75) is 27.4 Å². The second kappa shape index (κ2) is 6.37. The zero-order valence-corrected chi connectivity index (χ0v) is 11.3. The lowest BCUT2D eigenvalue weighted by molar-refractivity contribution is -0.126. The maximum absolute atomic E-state index is 11.0. The van der Waals surface area contributed by atoms with Crippen molar-refractivity contribution in [2.24, 2.45) is 5.84 Å². The number of hydrogen-bond donors (Lipinski definition) is 2. The fraction of sp³-hybridized carbons (Fsp3) is 0.462. The first-order valence-electron chi connectivity index (χ1n) is 5.72. The minimum absolute atomic E-state index is 0.0635. The SMILES string of the molecule is COc1c(C)c(C)cc(C)c1COCC(=O)NN. The smallest absolute Gasteiger partial charge is 0.259 e. The summed E-state index contributed by atoms with van der Waals surface area (Å²) in [6.45, 7) is 6.30. The van der Waals surface area contributed by atoms with E-state index in [0.717, 1.165) is 22.4 Å². The Labute approximate surface area is 107 Å². The molecule has 0 atom stereocenters. The predicted molar refractivity (Wildman–Crippen MR) is 69.2 cm³/mol. The van der Waals surface area contributed by atoms with Crippen LogP contribution in [0.3, 0.4) is 0 Å². The molecule has 18 heavy (non-hydrogen) atoms. The van der Waals surface area contributed by atoms with Gasteiger partial charge in [0.2, 0.25) is 0 Å². The first kappa shape index (κ1) is 14.5. The summed E-state index contributed by atoms with van der Waals surface area (Å²) in [6, 6.07) is 2.08. The van der Waals surface area contributed by atoms with Crippen LogP contribution in [-0.2, 0) is 16.1 Å². The first-order valence-corrected chi connectivity index (χ1v) is 5.72. The normalized spacial score (nSPS) is 10.3. The van der Waals surface area contributed by atoms with E-state index < -0.39 is 0 Å². The van der Waals surface area contributed by atoms with E-state index in [4.69, 9.17) is 15.3 Å². The van der Waals surface area contributed by atoms with Gasteiger partial charge in [-0.2, -0.15) is 0 Å². The third-order valence-electron chi connectivity index (χ3n) is 2.96. The van der Waals surface area contributed by atoms with Gasteiger partial charge in [-0.25, -0.2) is 5.84 Å². The van der Waals surface area contributed by atoms with E-state index in [0.29, 0.717) is 6.61 Å². The minimum Gasteiger partial charge on any atom is -0.496 e. The van der Waals surface area contributed by atoms with Crippen molar-refractivity contribution in [2.75, 3.05) is 13.7 Å². The van der Waals surface area contributed by atoms with Crippen LogP contribution in [0.1, 0.15) is 22.3 Å². The van der Waals surface area contributed by atoms with E-state index in [1.807, 2.05) is 26.2 Å². The van der Waals surface area contributed by atoms with Gasteiger partial charge in [-0.15, -0.1) is 0 Å². The quantitative estimate of drug-likeness (QED) is 0.468. The Morgan fingerprint density at radius 1 is 1.33 bits per heavy atom. The molecular weight excluding hydrogens is 232 g/mol. The standard InChI is InChI=1S/C13H20N2O3/c1-8-5-9(2)11(13(17-4)10(8)3)6-18-7-12(16)15-14/h5H,6-7,14H2,1-4H3,(H,15,16). The summed E-state index contributed by atoms with van der Waals surface area (Å²) >= 11 is 0. The van der Waals surface area contributed by atoms with Crippen molar-refractivity contribution >= 4 is 5.91 Å². The number of hydrazine groups is 1. The van der Waals surface area contributed by atoms with Crippen LogP contribution in [-0.4, -0.2) is 19.6 Å². The summed E-state index contributed by atoms with van der Waals surface area (Å²) in [5.41, 5.74) is 6.33. The molecule has 1 amide bonds. The fourth-order valence-corrected chi connectivity index (χ4v) is 1.85. The maximum Gasteiger partial charge on any atom is 0.259 e. The molecule has 0 fully saturated rings. The Bertz CT molecular complexity index is 444. The number of methoxy groups -OCH3 is 1. The number of carbonyl (C=O) groups excluding carboxylic acids is 1. The Balaban J connectivity index is 2.88. The number of ether oxygens (including phenoxy) is 2. The van der Waals surface area contributed by atoms with E-state index in [2.05, 4.69) is 6.07 Å². The van der Waals surface area contributed by atoms with Crippen LogP contribution in [0.2, 0.25) is 0 Å². The van der Waals surface area contributed by atoms with Crippen LogP contribution >= 0.6 is 0 Å². The lowest BCUT2D eigenvalue weighted by Crippen LogP contribution is -2.33. The number of benzene rings is 1. The summed E-state index contributed by atoms with van der Waals surface area (Å²) < 4.78 is 10.7. The van der Waals surface area contributed by atoms with E-state index >= 15 is 0 Å². The predicted octanol–water partition coefficient (Wildman–Crippen LogP) is 1.13. The van der Waals surface area contributed by atoms with Crippen molar-refractivity contribution in [3.63, 3.8) is 0 Å². The topological polar surface area (TPSA) is 73.6 Å². The Kier molecular flexibility index (Phi) is 5.12. The first-order chi connectivity index (χ1) is 8.51.